The lowest BCUT2D eigenvalue weighted by atomic mass is 9.93. The van der Waals surface area contributed by atoms with Crippen LogP contribution < -0.4 is 10.1 Å². The molecule has 1 heterocycles. The number of nitrogens with one attached hydrogen (secondary N) is 1. The fraction of sp³-hybridized carbons (Fsp3) is 0.688. The van der Waals surface area contributed by atoms with Crippen molar-refractivity contribution in [3.63, 3.8) is 0 Å². The quantitative estimate of drug-likeness (QED) is 0.776. The zero-order chi connectivity index (χ0) is 14.4. The number of ether oxygens (including phenoxy) is 1. The summed E-state index contributed by atoms with van der Waals surface area (Å²) in [5.74, 6) is 0.897. The summed E-state index contributed by atoms with van der Waals surface area (Å²) in [7, 11) is 1.73. The van der Waals surface area contributed by atoms with Crippen LogP contribution in [0.2, 0.25) is 0 Å². The van der Waals surface area contributed by atoms with Gasteiger partial charge in [-0.05, 0) is 45.6 Å². The molecule has 1 aliphatic carbocycles. The predicted octanol–water partition coefficient (Wildman–Crippen LogP) is 3.45. The lowest BCUT2D eigenvalue weighted by Gasteiger charge is -2.23. The monoisotopic (exact) mass is 277 g/mol. The second-order valence-electron chi connectivity index (χ2n) is 5.34. The molecule has 1 aromatic rings. The summed E-state index contributed by atoms with van der Waals surface area (Å²) >= 11 is 0. The molecule has 0 fully saturated rings. The van der Waals surface area contributed by atoms with Crippen molar-refractivity contribution >= 4 is 0 Å². The average Bonchev–Trinajstić information content (AvgIpc) is 2.90. The van der Waals surface area contributed by atoms with Crippen LogP contribution in [-0.2, 0) is 6.54 Å². The zero-order valence-electron chi connectivity index (χ0n) is 13.0. The van der Waals surface area contributed by atoms with Gasteiger partial charge in [0.2, 0.25) is 0 Å². The summed E-state index contributed by atoms with van der Waals surface area (Å²) < 4.78 is 7.55. The van der Waals surface area contributed by atoms with E-state index < -0.39 is 0 Å². The number of nitrogens with zero attached hydrogens (tertiary/aromatic N) is 2. The Labute approximate surface area is 122 Å². The van der Waals surface area contributed by atoms with Crippen molar-refractivity contribution in [1.29, 1.82) is 0 Å². The van der Waals surface area contributed by atoms with E-state index in [1.165, 1.54) is 31.4 Å². The highest BCUT2D eigenvalue weighted by molar-refractivity contribution is 5.30. The van der Waals surface area contributed by atoms with Gasteiger partial charge in [0, 0.05) is 6.54 Å². The van der Waals surface area contributed by atoms with Crippen molar-refractivity contribution in [2.75, 3.05) is 13.7 Å². The van der Waals surface area contributed by atoms with Gasteiger partial charge >= 0.3 is 0 Å². The summed E-state index contributed by atoms with van der Waals surface area (Å²) in [5, 5.41) is 8.03. The number of allylic oxidation sites excluding steroid dienone is 1. The molecule has 0 saturated heterocycles. The van der Waals surface area contributed by atoms with E-state index in [4.69, 9.17) is 4.74 Å². The van der Waals surface area contributed by atoms with Gasteiger partial charge in [-0.1, -0.05) is 18.6 Å². The zero-order valence-corrected chi connectivity index (χ0v) is 13.0. The van der Waals surface area contributed by atoms with Crippen molar-refractivity contribution < 1.29 is 4.74 Å². The van der Waals surface area contributed by atoms with Gasteiger partial charge in [0.05, 0.1) is 25.0 Å². The minimum Gasteiger partial charge on any atom is -0.493 e. The van der Waals surface area contributed by atoms with Crippen LogP contribution in [0.4, 0.5) is 0 Å². The van der Waals surface area contributed by atoms with Crippen molar-refractivity contribution in [3.05, 3.63) is 23.5 Å². The van der Waals surface area contributed by atoms with Crippen LogP contribution in [0.3, 0.4) is 0 Å². The molecule has 0 amide bonds. The minimum atomic E-state index is 0.293. The standard InChI is InChI=1S/C16H27N3O/c1-4-17-14(11-13-9-7-6-8-10-13)16-15(20-3)12-18-19(16)5-2/h9,12,14,17H,4-8,10-11H2,1-3H3. The molecular weight excluding hydrogens is 250 g/mol. The number of aromatic nitrogens is 2. The van der Waals surface area contributed by atoms with E-state index in [0.717, 1.165) is 25.3 Å². The molecule has 1 unspecified atom stereocenters. The molecule has 20 heavy (non-hydrogen) atoms. The summed E-state index contributed by atoms with van der Waals surface area (Å²) in [6.07, 6.45) is 10.5. The highest BCUT2D eigenvalue weighted by Gasteiger charge is 2.22. The molecule has 4 nitrogen and oxygen atoms in total. The number of rotatable bonds is 7. The lowest BCUT2D eigenvalue weighted by molar-refractivity contribution is 0.390. The maximum absolute atomic E-state index is 5.50. The van der Waals surface area contributed by atoms with Crippen LogP contribution >= 0.6 is 0 Å². The fourth-order valence-electron chi connectivity index (χ4n) is 3.00. The largest absolute Gasteiger partial charge is 0.493 e. The number of methoxy groups -OCH3 is 1. The Morgan fingerprint density at radius 2 is 2.25 bits per heavy atom. The minimum absolute atomic E-state index is 0.293. The summed E-state index contributed by atoms with van der Waals surface area (Å²) in [4.78, 5) is 0. The van der Waals surface area contributed by atoms with Crippen LogP contribution in [0.1, 0.15) is 57.7 Å². The third-order valence-corrected chi connectivity index (χ3v) is 4.00. The van der Waals surface area contributed by atoms with E-state index >= 15 is 0 Å². The van der Waals surface area contributed by atoms with Gasteiger partial charge < -0.3 is 10.1 Å². The molecule has 2 rings (SSSR count). The second kappa shape index (κ2) is 7.48. The lowest BCUT2D eigenvalue weighted by Crippen LogP contribution is -2.25. The second-order valence-corrected chi connectivity index (χ2v) is 5.34. The van der Waals surface area contributed by atoms with Crippen molar-refractivity contribution in [2.24, 2.45) is 0 Å². The van der Waals surface area contributed by atoms with Gasteiger partial charge in [-0.2, -0.15) is 5.10 Å². The molecule has 1 aliphatic rings. The van der Waals surface area contributed by atoms with E-state index in [-0.39, 0.29) is 0 Å². The normalized spacial score (nSPS) is 16.9. The molecular formula is C16H27N3O. The first kappa shape index (κ1) is 15.1. The number of hydrogen-bond donors (Lipinski definition) is 1. The predicted molar refractivity (Wildman–Crippen MR) is 82.0 cm³/mol. The number of hydrogen-bond acceptors (Lipinski definition) is 3. The maximum atomic E-state index is 5.50. The van der Waals surface area contributed by atoms with E-state index in [9.17, 15) is 0 Å². The molecule has 0 bridgehead atoms. The molecule has 0 spiro atoms. The molecule has 112 valence electrons. The van der Waals surface area contributed by atoms with Gasteiger partial charge in [-0.15, -0.1) is 0 Å². The Morgan fingerprint density at radius 3 is 2.85 bits per heavy atom. The highest BCUT2D eigenvalue weighted by atomic mass is 16.5. The third kappa shape index (κ3) is 3.42. The molecule has 0 radical (unpaired) electrons. The van der Waals surface area contributed by atoms with Crippen LogP contribution in [-0.4, -0.2) is 23.4 Å². The van der Waals surface area contributed by atoms with Crippen LogP contribution in [0.15, 0.2) is 17.8 Å². The van der Waals surface area contributed by atoms with E-state index in [1.54, 1.807) is 12.7 Å². The van der Waals surface area contributed by atoms with Gasteiger partial charge in [0.15, 0.2) is 5.75 Å². The Morgan fingerprint density at radius 1 is 1.40 bits per heavy atom. The summed E-state index contributed by atoms with van der Waals surface area (Å²) in [6.45, 7) is 6.11. The Bertz CT molecular complexity index is 429. The Balaban J connectivity index is 2.22. The van der Waals surface area contributed by atoms with Crippen LogP contribution in [0.25, 0.3) is 0 Å². The number of aryl methyl sites for hydroxylation is 1. The third-order valence-electron chi connectivity index (χ3n) is 4.00. The topological polar surface area (TPSA) is 39.1 Å². The first-order chi connectivity index (χ1) is 9.80. The smallest absolute Gasteiger partial charge is 0.161 e. The molecule has 4 heteroatoms. The SMILES string of the molecule is CCNC(CC1=CCCCC1)c1c(OC)cnn1CC. The van der Waals surface area contributed by atoms with Gasteiger partial charge in [0.25, 0.3) is 0 Å². The van der Waals surface area contributed by atoms with Crippen molar-refractivity contribution in [1.82, 2.24) is 15.1 Å². The van der Waals surface area contributed by atoms with Crippen molar-refractivity contribution in [3.8, 4) is 5.75 Å². The maximum Gasteiger partial charge on any atom is 0.161 e. The molecule has 1 N–H and O–H groups in total. The highest BCUT2D eigenvalue weighted by Crippen LogP contribution is 2.32. The summed E-state index contributed by atoms with van der Waals surface area (Å²) in [5.41, 5.74) is 2.76. The van der Waals surface area contributed by atoms with Gasteiger partial charge in [0.1, 0.15) is 0 Å². The van der Waals surface area contributed by atoms with Gasteiger partial charge in [-0.3, -0.25) is 4.68 Å². The molecule has 0 aliphatic heterocycles. The Hall–Kier alpha value is -1.29. The van der Waals surface area contributed by atoms with Crippen molar-refractivity contribution in [2.45, 2.75) is 58.5 Å². The van der Waals surface area contributed by atoms with E-state index in [1.807, 2.05) is 6.20 Å². The van der Waals surface area contributed by atoms with Crippen LogP contribution in [0, 0.1) is 0 Å². The Kier molecular flexibility index (Phi) is 5.65. The first-order valence-electron chi connectivity index (χ1n) is 7.81. The fourth-order valence-corrected chi connectivity index (χ4v) is 3.00. The molecule has 1 atom stereocenters. The first-order valence-corrected chi connectivity index (χ1v) is 7.81. The average molecular weight is 277 g/mol. The van der Waals surface area contributed by atoms with Gasteiger partial charge in [-0.25, -0.2) is 0 Å². The van der Waals surface area contributed by atoms with Crippen LogP contribution in [0.5, 0.6) is 5.75 Å². The molecule has 1 aromatic heterocycles. The van der Waals surface area contributed by atoms with E-state index in [2.05, 4.69) is 35.0 Å². The summed E-state index contributed by atoms with van der Waals surface area (Å²) in [6, 6.07) is 0.293. The molecule has 0 aromatic carbocycles. The molecule has 0 saturated carbocycles. The van der Waals surface area contributed by atoms with E-state index in [0.29, 0.717) is 6.04 Å².